The van der Waals surface area contributed by atoms with Gasteiger partial charge in [-0.05, 0) is 50.8 Å². The smallest absolute Gasteiger partial charge is 0.242 e. The fourth-order valence-corrected chi connectivity index (χ4v) is 4.72. The Kier molecular flexibility index (Phi) is 10.3. The van der Waals surface area contributed by atoms with Crippen LogP contribution in [-0.4, -0.2) is 50.5 Å². The van der Waals surface area contributed by atoms with E-state index in [1.54, 1.807) is 24.0 Å². The third kappa shape index (κ3) is 9.02. The quantitative estimate of drug-likeness (QED) is 0.476. The van der Waals surface area contributed by atoms with Gasteiger partial charge in [0, 0.05) is 26.1 Å². The Balaban J connectivity index is 2.15. The van der Waals surface area contributed by atoms with Crippen LogP contribution >= 0.6 is 0 Å². The first-order valence-corrected chi connectivity index (χ1v) is 13.9. The van der Waals surface area contributed by atoms with E-state index in [1.807, 2.05) is 64.1 Å². The number of rotatable bonds is 12. The molecule has 0 saturated carbocycles. The number of nitrogens with zero attached hydrogens (tertiary/aromatic N) is 2. The molecule has 0 fully saturated rings. The third-order valence-corrected chi connectivity index (χ3v) is 6.96. The zero-order valence-electron chi connectivity index (χ0n) is 21.7. The Morgan fingerprint density at radius 1 is 0.971 bits per heavy atom. The summed E-state index contributed by atoms with van der Waals surface area (Å²) in [7, 11) is -3.50. The summed E-state index contributed by atoms with van der Waals surface area (Å²) >= 11 is 0. The molecule has 0 spiro atoms. The molecule has 192 valence electrons. The van der Waals surface area contributed by atoms with Crippen molar-refractivity contribution in [1.29, 1.82) is 0 Å². The summed E-state index contributed by atoms with van der Waals surface area (Å²) in [5.74, 6) is -0.0796. The van der Waals surface area contributed by atoms with Crippen LogP contribution in [0.2, 0.25) is 0 Å². The lowest BCUT2D eigenvalue weighted by Gasteiger charge is -2.30. The summed E-state index contributed by atoms with van der Waals surface area (Å²) in [6, 6.07) is 14.5. The van der Waals surface area contributed by atoms with Gasteiger partial charge < -0.3 is 10.2 Å². The normalized spacial score (nSPS) is 12.3. The highest BCUT2D eigenvalue weighted by molar-refractivity contribution is 7.92. The second-order valence-electron chi connectivity index (χ2n) is 9.60. The molecule has 0 bridgehead atoms. The molecule has 8 heteroatoms. The van der Waals surface area contributed by atoms with E-state index in [0.717, 1.165) is 16.7 Å². The molecule has 0 saturated heterocycles. The third-order valence-electron chi connectivity index (χ3n) is 5.76. The maximum atomic E-state index is 13.3. The highest BCUT2D eigenvalue weighted by Gasteiger charge is 2.26. The van der Waals surface area contributed by atoms with Crippen LogP contribution < -0.4 is 9.62 Å². The molecule has 0 heterocycles. The first kappa shape index (κ1) is 28.4. The Morgan fingerprint density at radius 2 is 1.63 bits per heavy atom. The van der Waals surface area contributed by atoms with E-state index in [1.165, 1.54) is 10.6 Å². The van der Waals surface area contributed by atoms with Crippen LogP contribution in [0.25, 0.3) is 0 Å². The largest absolute Gasteiger partial charge is 0.354 e. The van der Waals surface area contributed by atoms with Crippen molar-refractivity contribution in [3.05, 3.63) is 65.2 Å². The topological polar surface area (TPSA) is 86.8 Å². The lowest BCUT2D eigenvalue weighted by atomic mass is 10.1. The average Bonchev–Trinajstić information content (AvgIpc) is 2.78. The van der Waals surface area contributed by atoms with Gasteiger partial charge in [0.15, 0.2) is 0 Å². The maximum Gasteiger partial charge on any atom is 0.242 e. The highest BCUT2D eigenvalue weighted by atomic mass is 32.2. The zero-order valence-corrected chi connectivity index (χ0v) is 22.6. The average molecular weight is 502 g/mol. The van der Waals surface area contributed by atoms with Crippen molar-refractivity contribution < 1.29 is 18.0 Å². The number of nitrogens with one attached hydrogen (secondary N) is 1. The van der Waals surface area contributed by atoms with Gasteiger partial charge in [0.2, 0.25) is 21.8 Å². The summed E-state index contributed by atoms with van der Waals surface area (Å²) in [6.07, 6.45) is 1.63. The van der Waals surface area contributed by atoms with Gasteiger partial charge in [-0.15, -0.1) is 0 Å². The molecule has 2 amide bonds. The number of amides is 2. The number of benzene rings is 2. The Labute approximate surface area is 210 Å². The number of sulfonamides is 1. The molecule has 0 aliphatic rings. The second kappa shape index (κ2) is 12.7. The molecule has 1 atom stereocenters. The molecule has 0 aromatic heterocycles. The molecule has 0 radical (unpaired) electrons. The first-order valence-electron chi connectivity index (χ1n) is 12.1. The fourth-order valence-electron chi connectivity index (χ4n) is 3.76. The van der Waals surface area contributed by atoms with Gasteiger partial charge >= 0.3 is 0 Å². The van der Waals surface area contributed by atoms with E-state index in [4.69, 9.17) is 0 Å². The van der Waals surface area contributed by atoms with Crippen molar-refractivity contribution >= 4 is 27.5 Å². The number of anilines is 1. The van der Waals surface area contributed by atoms with Crippen LogP contribution in [0, 0.1) is 19.8 Å². The Hall–Kier alpha value is -2.87. The summed E-state index contributed by atoms with van der Waals surface area (Å²) in [4.78, 5) is 27.7. The Morgan fingerprint density at radius 3 is 2.20 bits per heavy atom. The highest BCUT2D eigenvalue weighted by Crippen LogP contribution is 2.20. The fraction of sp³-hybridized carbons (Fsp3) is 0.481. The molecular weight excluding hydrogens is 462 g/mol. The summed E-state index contributed by atoms with van der Waals surface area (Å²) < 4.78 is 26.1. The van der Waals surface area contributed by atoms with Crippen LogP contribution in [0.4, 0.5) is 5.69 Å². The first-order chi connectivity index (χ1) is 16.4. The molecule has 2 rings (SSSR count). The molecule has 2 aromatic rings. The number of aryl methyl sites for hydroxylation is 2. The van der Waals surface area contributed by atoms with Crippen LogP contribution in [0.15, 0.2) is 48.5 Å². The summed E-state index contributed by atoms with van der Waals surface area (Å²) in [5, 5.41) is 2.91. The molecule has 0 aliphatic carbocycles. The van der Waals surface area contributed by atoms with Gasteiger partial charge in [0.05, 0.1) is 11.9 Å². The van der Waals surface area contributed by atoms with Gasteiger partial charge in [-0.3, -0.25) is 13.9 Å². The minimum absolute atomic E-state index is 0.130. The molecule has 7 nitrogen and oxygen atoms in total. The second-order valence-corrected chi connectivity index (χ2v) is 11.5. The predicted molar refractivity (Wildman–Crippen MR) is 142 cm³/mol. The van der Waals surface area contributed by atoms with Crippen molar-refractivity contribution in [2.75, 3.05) is 23.7 Å². The van der Waals surface area contributed by atoms with Gasteiger partial charge in [-0.1, -0.05) is 61.4 Å². The monoisotopic (exact) mass is 501 g/mol. The molecule has 0 unspecified atom stereocenters. The molecule has 35 heavy (non-hydrogen) atoms. The van der Waals surface area contributed by atoms with Crippen molar-refractivity contribution in [2.45, 2.75) is 60.0 Å². The number of carbonyl (C=O) groups is 2. The maximum absolute atomic E-state index is 13.3. The predicted octanol–water partition coefficient (Wildman–Crippen LogP) is 4.04. The van der Waals surface area contributed by atoms with Gasteiger partial charge in [0.25, 0.3) is 0 Å². The van der Waals surface area contributed by atoms with Crippen molar-refractivity contribution in [3.63, 3.8) is 0 Å². The van der Waals surface area contributed by atoms with Crippen molar-refractivity contribution in [3.8, 4) is 0 Å². The van der Waals surface area contributed by atoms with Crippen molar-refractivity contribution in [2.24, 2.45) is 5.92 Å². The van der Waals surface area contributed by atoms with Gasteiger partial charge in [-0.2, -0.15) is 0 Å². The molecule has 1 N–H and O–H groups in total. The SMILES string of the molecule is Cc1ccc(N(CCCC(=O)N(Cc2cccc(C)c2)[C@@H](C)C(=O)NCC(C)C)S(C)(=O)=O)cc1. The minimum Gasteiger partial charge on any atom is -0.354 e. The van der Waals surface area contributed by atoms with E-state index in [9.17, 15) is 18.0 Å². The number of hydrogen-bond donors (Lipinski definition) is 1. The van der Waals surface area contributed by atoms with E-state index in [2.05, 4.69) is 5.32 Å². The molecular formula is C27H39N3O4S. The van der Waals surface area contributed by atoms with Gasteiger partial charge in [-0.25, -0.2) is 8.42 Å². The van der Waals surface area contributed by atoms with Crippen LogP contribution in [0.3, 0.4) is 0 Å². The lowest BCUT2D eigenvalue weighted by Crippen LogP contribution is -2.48. The van der Waals surface area contributed by atoms with Crippen LogP contribution in [0.5, 0.6) is 0 Å². The summed E-state index contributed by atoms with van der Waals surface area (Å²) in [5.41, 5.74) is 3.63. The van der Waals surface area contributed by atoms with Crippen LogP contribution in [-0.2, 0) is 26.2 Å². The number of carbonyl (C=O) groups excluding carboxylic acids is 2. The zero-order chi connectivity index (χ0) is 26.2. The molecule has 2 aromatic carbocycles. The van der Waals surface area contributed by atoms with E-state index < -0.39 is 16.1 Å². The van der Waals surface area contributed by atoms with E-state index >= 15 is 0 Å². The van der Waals surface area contributed by atoms with Crippen molar-refractivity contribution in [1.82, 2.24) is 10.2 Å². The van der Waals surface area contributed by atoms with E-state index in [0.29, 0.717) is 31.1 Å². The van der Waals surface area contributed by atoms with Gasteiger partial charge in [0.1, 0.15) is 6.04 Å². The Bertz CT molecular complexity index is 1100. The summed E-state index contributed by atoms with van der Waals surface area (Å²) in [6.45, 7) is 10.7. The minimum atomic E-state index is -3.50. The molecule has 0 aliphatic heterocycles. The number of hydrogen-bond acceptors (Lipinski definition) is 4. The van der Waals surface area contributed by atoms with E-state index in [-0.39, 0.29) is 24.8 Å². The standard InChI is InChI=1S/C27H39N3O4S/c1-20(2)18-28-27(32)23(5)29(19-24-10-7-9-22(4)17-24)26(31)11-8-16-30(35(6,33)34)25-14-12-21(3)13-15-25/h7,9-10,12-15,17,20,23H,8,11,16,18-19H2,1-6H3,(H,28,32)/t23-/m0/s1. The van der Waals surface area contributed by atoms with Crippen LogP contribution in [0.1, 0.15) is 50.3 Å². The lowest BCUT2D eigenvalue weighted by molar-refractivity contribution is -0.140.